The molecule has 1 saturated carbocycles. The molecule has 2 aliphatic rings. The van der Waals surface area contributed by atoms with Crippen LogP contribution in [0.2, 0.25) is 0 Å². The van der Waals surface area contributed by atoms with E-state index in [2.05, 4.69) is 17.1 Å². The Morgan fingerprint density at radius 1 is 1.05 bits per heavy atom. The number of hydrogen-bond donors (Lipinski definition) is 2. The van der Waals surface area contributed by atoms with Gasteiger partial charge in [0.1, 0.15) is 0 Å². The van der Waals surface area contributed by atoms with E-state index in [9.17, 15) is 5.11 Å². The van der Waals surface area contributed by atoms with Crippen molar-refractivity contribution in [1.29, 1.82) is 0 Å². The van der Waals surface area contributed by atoms with Crippen LogP contribution in [-0.4, -0.2) is 48.8 Å². The predicted octanol–water partition coefficient (Wildman–Crippen LogP) is 2.39. The molecule has 1 saturated heterocycles. The summed E-state index contributed by atoms with van der Waals surface area (Å²) in [5.41, 5.74) is 0.180. The van der Waals surface area contributed by atoms with Crippen molar-refractivity contribution >= 4 is 0 Å². The lowest BCUT2D eigenvalue weighted by atomic mass is 9.74. The Morgan fingerprint density at radius 2 is 1.68 bits per heavy atom. The summed E-state index contributed by atoms with van der Waals surface area (Å²) in [5.74, 6) is 0. The second-order valence-electron chi connectivity index (χ2n) is 6.80. The highest BCUT2D eigenvalue weighted by Crippen LogP contribution is 2.35. The molecule has 1 aliphatic heterocycles. The van der Waals surface area contributed by atoms with Crippen LogP contribution in [0.5, 0.6) is 0 Å². The van der Waals surface area contributed by atoms with E-state index in [0.717, 1.165) is 13.1 Å². The molecule has 0 aromatic rings. The van der Waals surface area contributed by atoms with Crippen molar-refractivity contribution in [2.75, 3.05) is 32.8 Å². The van der Waals surface area contributed by atoms with Gasteiger partial charge in [0.25, 0.3) is 0 Å². The fourth-order valence-corrected chi connectivity index (χ4v) is 3.73. The number of aliphatic hydroxyl groups excluding tert-OH is 1. The van der Waals surface area contributed by atoms with Crippen molar-refractivity contribution < 1.29 is 5.11 Å². The normalized spacial score (nSPS) is 26.2. The molecular weight excluding hydrogens is 236 g/mol. The number of nitrogens with one attached hydrogen (secondary N) is 1. The second kappa shape index (κ2) is 7.61. The zero-order chi connectivity index (χ0) is 13.6. The Labute approximate surface area is 118 Å². The largest absolute Gasteiger partial charge is 0.396 e. The van der Waals surface area contributed by atoms with E-state index in [1.165, 1.54) is 64.5 Å². The molecule has 112 valence electrons. The van der Waals surface area contributed by atoms with Crippen LogP contribution in [0, 0.1) is 5.41 Å². The van der Waals surface area contributed by atoms with Crippen LogP contribution in [0.4, 0.5) is 0 Å². The molecule has 2 rings (SSSR count). The smallest absolute Gasteiger partial charge is 0.0499 e. The minimum Gasteiger partial charge on any atom is -0.396 e. The average molecular weight is 268 g/mol. The van der Waals surface area contributed by atoms with Crippen molar-refractivity contribution in [2.45, 2.75) is 64.3 Å². The molecule has 3 nitrogen and oxygen atoms in total. The summed E-state index contributed by atoms with van der Waals surface area (Å²) in [6.07, 6.45) is 10.5. The molecule has 0 aromatic heterocycles. The molecule has 0 radical (unpaired) electrons. The Morgan fingerprint density at radius 3 is 2.32 bits per heavy atom. The first-order valence-electron chi connectivity index (χ1n) is 8.31. The Kier molecular flexibility index (Phi) is 6.11. The first-order valence-corrected chi connectivity index (χ1v) is 8.31. The molecule has 0 aromatic carbocycles. The minimum atomic E-state index is 0.180. The van der Waals surface area contributed by atoms with E-state index in [0.29, 0.717) is 12.6 Å². The molecule has 0 spiro atoms. The van der Waals surface area contributed by atoms with E-state index < -0.39 is 0 Å². The van der Waals surface area contributed by atoms with E-state index in [1.807, 2.05) is 0 Å². The summed E-state index contributed by atoms with van der Waals surface area (Å²) in [6.45, 7) is 7.31. The van der Waals surface area contributed by atoms with Crippen LogP contribution < -0.4 is 5.32 Å². The molecule has 1 unspecified atom stereocenters. The molecule has 1 heterocycles. The van der Waals surface area contributed by atoms with E-state index >= 15 is 0 Å². The SMILES string of the molecule is CC(CNCC1(CO)CCCCC1)N1CCCCC1. The lowest BCUT2D eigenvalue weighted by molar-refractivity contribution is 0.0778. The second-order valence-corrected chi connectivity index (χ2v) is 6.80. The fraction of sp³-hybridized carbons (Fsp3) is 1.00. The van der Waals surface area contributed by atoms with Crippen molar-refractivity contribution in [1.82, 2.24) is 10.2 Å². The number of rotatable bonds is 6. The molecule has 19 heavy (non-hydrogen) atoms. The standard InChI is InChI=1S/C16H32N2O/c1-15(18-10-6-3-7-11-18)12-17-13-16(14-19)8-4-2-5-9-16/h15,17,19H,2-14H2,1H3. The molecule has 2 fully saturated rings. The predicted molar refractivity (Wildman–Crippen MR) is 80.4 cm³/mol. The topological polar surface area (TPSA) is 35.5 Å². The summed E-state index contributed by atoms with van der Waals surface area (Å²) in [6, 6.07) is 0.639. The van der Waals surface area contributed by atoms with Gasteiger partial charge in [-0.3, -0.25) is 4.90 Å². The van der Waals surface area contributed by atoms with E-state index in [-0.39, 0.29) is 5.41 Å². The third-order valence-corrected chi connectivity index (χ3v) is 5.20. The van der Waals surface area contributed by atoms with Gasteiger partial charge in [0.05, 0.1) is 0 Å². The summed E-state index contributed by atoms with van der Waals surface area (Å²) in [7, 11) is 0. The number of piperidine rings is 1. The summed E-state index contributed by atoms with van der Waals surface area (Å²) in [4.78, 5) is 2.61. The lowest BCUT2D eigenvalue weighted by Crippen LogP contribution is -2.46. The molecule has 1 atom stereocenters. The van der Waals surface area contributed by atoms with Crippen LogP contribution in [0.1, 0.15) is 58.3 Å². The maximum absolute atomic E-state index is 9.71. The zero-order valence-electron chi connectivity index (χ0n) is 12.7. The van der Waals surface area contributed by atoms with Crippen molar-refractivity contribution in [3.05, 3.63) is 0 Å². The van der Waals surface area contributed by atoms with Gasteiger partial charge in [0.2, 0.25) is 0 Å². The maximum Gasteiger partial charge on any atom is 0.0499 e. The van der Waals surface area contributed by atoms with Crippen LogP contribution in [0.25, 0.3) is 0 Å². The van der Waals surface area contributed by atoms with Gasteiger partial charge in [-0.05, 0) is 45.7 Å². The summed E-state index contributed by atoms with van der Waals surface area (Å²) in [5, 5.41) is 13.3. The maximum atomic E-state index is 9.71. The average Bonchev–Trinajstić information content (AvgIpc) is 2.49. The van der Waals surface area contributed by atoms with Crippen LogP contribution >= 0.6 is 0 Å². The van der Waals surface area contributed by atoms with Crippen LogP contribution in [0.15, 0.2) is 0 Å². The van der Waals surface area contributed by atoms with Gasteiger partial charge in [-0.2, -0.15) is 0 Å². The van der Waals surface area contributed by atoms with Gasteiger partial charge >= 0.3 is 0 Å². The molecule has 0 amide bonds. The molecule has 2 N–H and O–H groups in total. The van der Waals surface area contributed by atoms with Gasteiger partial charge in [0.15, 0.2) is 0 Å². The molecule has 0 bridgehead atoms. The van der Waals surface area contributed by atoms with Crippen molar-refractivity contribution in [3.8, 4) is 0 Å². The Bertz CT molecular complexity index is 245. The highest BCUT2D eigenvalue weighted by atomic mass is 16.3. The monoisotopic (exact) mass is 268 g/mol. The van der Waals surface area contributed by atoms with E-state index in [4.69, 9.17) is 0 Å². The van der Waals surface area contributed by atoms with Crippen molar-refractivity contribution in [2.24, 2.45) is 5.41 Å². The first kappa shape index (κ1) is 15.3. The van der Waals surface area contributed by atoms with Gasteiger partial charge in [-0.1, -0.05) is 25.7 Å². The quantitative estimate of drug-likeness (QED) is 0.776. The zero-order valence-corrected chi connectivity index (χ0v) is 12.7. The third kappa shape index (κ3) is 4.44. The van der Waals surface area contributed by atoms with Crippen molar-refractivity contribution in [3.63, 3.8) is 0 Å². The van der Waals surface area contributed by atoms with Crippen LogP contribution in [0.3, 0.4) is 0 Å². The highest BCUT2D eigenvalue weighted by molar-refractivity contribution is 4.85. The van der Waals surface area contributed by atoms with Crippen LogP contribution in [-0.2, 0) is 0 Å². The van der Waals surface area contributed by atoms with E-state index in [1.54, 1.807) is 0 Å². The Hall–Kier alpha value is -0.120. The lowest BCUT2D eigenvalue weighted by Gasteiger charge is -2.37. The number of likely N-dealkylation sites (tertiary alicyclic amines) is 1. The minimum absolute atomic E-state index is 0.180. The number of hydrogen-bond acceptors (Lipinski definition) is 3. The van der Waals surface area contributed by atoms with Gasteiger partial charge < -0.3 is 10.4 Å². The summed E-state index contributed by atoms with van der Waals surface area (Å²) < 4.78 is 0. The molecular formula is C16H32N2O. The van der Waals surface area contributed by atoms with Gasteiger partial charge in [-0.15, -0.1) is 0 Å². The summed E-state index contributed by atoms with van der Waals surface area (Å²) >= 11 is 0. The van der Waals surface area contributed by atoms with Gasteiger partial charge in [-0.25, -0.2) is 0 Å². The molecule has 3 heteroatoms. The number of nitrogens with zero attached hydrogens (tertiary/aromatic N) is 1. The molecule has 1 aliphatic carbocycles. The first-order chi connectivity index (χ1) is 9.26. The van der Waals surface area contributed by atoms with Gasteiger partial charge in [0, 0.05) is 31.2 Å². The number of aliphatic hydroxyl groups is 1. The third-order valence-electron chi connectivity index (χ3n) is 5.20. The fourth-order valence-electron chi connectivity index (χ4n) is 3.73. The Balaban J connectivity index is 1.69. The highest BCUT2D eigenvalue weighted by Gasteiger charge is 2.31.